The Morgan fingerprint density at radius 2 is 1.82 bits per heavy atom. The molecule has 0 spiro atoms. The molecule has 54 valence electrons. The third kappa shape index (κ3) is 4.19. The molecule has 0 saturated heterocycles. The van der Waals surface area contributed by atoms with Crippen molar-refractivity contribution in [2.45, 2.75) is 6.42 Å². The van der Waals surface area contributed by atoms with Gasteiger partial charge in [0.05, 0.1) is 6.42 Å². The van der Waals surface area contributed by atoms with Crippen molar-refractivity contribution in [3.63, 3.8) is 0 Å². The van der Waals surface area contributed by atoms with Crippen LogP contribution in [0.25, 0.3) is 0 Å². The van der Waals surface area contributed by atoms with E-state index in [-0.39, 0.29) is 36.0 Å². The number of hydrogen-bond donors (Lipinski definition) is 1. The minimum atomic E-state index is -0.786. The molecule has 1 aromatic carbocycles. The van der Waals surface area contributed by atoms with E-state index in [4.69, 9.17) is 5.11 Å². The van der Waals surface area contributed by atoms with Crippen molar-refractivity contribution in [2.24, 2.45) is 0 Å². The van der Waals surface area contributed by atoms with Gasteiger partial charge in [0.25, 0.3) is 0 Å². The molecule has 0 heterocycles. The molecule has 0 saturated carbocycles. The normalized spacial score (nSPS) is 8.36. The summed E-state index contributed by atoms with van der Waals surface area (Å²) in [6.45, 7) is 0. The standard InChI is InChI=1S/C8H8O2.Na.H/c9-8(10)6-7-4-2-1-3-5-7;;/h1-5H,6H2,(H,9,10);;. The molecule has 0 radical (unpaired) electrons. The molecule has 0 aliphatic rings. The van der Waals surface area contributed by atoms with Crippen molar-refractivity contribution in [3.05, 3.63) is 35.9 Å². The van der Waals surface area contributed by atoms with E-state index in [1.165, 1.54) is 0 Å². The molecule has 11 heavy (non-hydrogen) atoms. The van der Waals surface area contributed by atoms with Crippen molar-refractivity contribution in [1.29, 1.82) is 0 Å². The molecule has 3 heteroatoms. The molecule has 1 N–H and O–H groups in total. The number of carboxylic acid groups (broad SMARTS) is 1. The first kappa shape index (κ1) is 10.7. The molecule has 0 atom stereocenters. The molecule has 0 aliphatic heterocycles. The maximum atomic E-state index is 10.2. The van der Waals surface area contributed by atoms with Gasteiger partial charge < -0.3 is 5.11 Å². The Balaban J connectivity index is 0.000001000. The number of benzene rings is 1. The van der Waals surface area contributed by atoms with Crippen LogP contribution in [0.15, 0.2) is 30.3 Å². The molecule has 0 aromatic heterocycles. The number of carboxylic acids is 1. The Morgan fingerprint density at radius 3 is 2.27 bits per heavy atom. The van der Waals surface area contributed by atoms with Crippen LogP contribution < -0.4 is 0 Å². The quantitative estimate of drug-likeness (QED) is 0.645. The van der Waals surface area contributed by atoms with E-state index >= 15 is 0 Å². The Morgan fingerprint density at radius 1 is 1.27 bits per heavy atom. The molecular formula is C8H9NaO2. The fourth-order valence-corrected chi connectivity index (χ4v) is 0.770. The first-order chi connectivity index (χ1) is 4.79. The Bertz CT molecular complexity index is 221. The van der Waals surface area contributed by atoms with E-state index in [1.54, 1.807) is 12.1 Å². The van der Waals surface area contributed by atoms with Gasteiger partial charge in [-0.05, 0) is 5.56 Å². The van der Waals surface area contributed by atoms with Gasteiger partial charge in [0, 0.05) is 0 Å². The molecule has 2 nitrogen and oxygen atoms in total. The molecule has 0 amide bonds. The summed E-state index contributed by atoms with van der Waals surface area (Å²) in [6, 6.07) is 9.13. The SMILES string of the molecule is O=C(O)Cc1ccccc1.[NaH]. The summed E-state index contributed by atoms with van der Waals surface area (Å²) in [4.78, 5) is 10.2. The second kappa shape index (κ2) is 5.35. The summed E-state index contributed by atoms with van der Waals surface area (Å²) in [7, 11) is 0. The summed E-state index contributed by atoms with van der Waals surface area (Å²) in [6.07, 6.45) is 0.112. The average Bonchev–Trinajstić information content (AvgIpc) is 1.88. The van der Waals surface area contributed by atoms with Gasteiger partial charge in [-0.25, -0.2) is 0 Å². The second-order valence-electron chi connectivity index (χ2n) is 2.06. The van der Waals surface area contributed by atoms with E-state index in [9.17, 15) is 4.79 Å². The first-order valence-corrected chi connectivity index (χ1v) is 3.05. The molecule has 1 aromatic rings. The summed E-state index contributed by atoms with van der Waals surface area (Å²) < 4.78 is 0. The topological polar surface area (TPSA) is 37.3 Å². The van der Waals surface area contributed by atoms with Crippen LogP contribution in [0.4, 0.5) is 0 Å². The van der Waals surface area contributed by atoms with Crippen LogP contribution in [0.1, 0.15) is 5.56 Å². The molecule has 1 rings (SSSR count). The van der Waals surface area contributed by atoms with Gasteiger partial charge in [-0.2, -0.15) is 0 Å². The third-order valence-corrected chi connectivity index (χ3v) is 1.20. The fourth-order valence-electron chi connectivity index (χ4n) is 0.770. The summed E-state index contributed by atoms with van der Waals surface area (Å²) in [5.74, 6) is -0.786. The summed E-state index contributed by atoms with van der Waals surface area (Å²) in [5, 5.41) is 8.37. The van der Waals surface area contributed by atoms with E-state index < -0.39 is 5.97 Å². The van der Waals surface area contributed by atoms with Crippen LogP contribution in [0, 0.1) is 0 Å². The van der Waals surface area contributed by atoms with Gasteiger partial charge in [0.1, 0.15) is 0 Å². The third-order valence-electron chi connectivity index (χ3n) is 1.20. The van der Waals surface area contributed by atoms with Crippen molar-refractivity contribution in [3.8, 4) is 0 Å². The predicted molar refractivity (Wildman–Crippen MR) is 44.9 cm³/mol. The van der Waals surface area contributed by atoms with E-state index in [1.807, 2.05) is 18.2 Å². The predicted octanol–water partition coefficient (Wildman–Crippen LogP) is 0.665. The van der Waals surface area contributed by atoms with Crippen molar-refractivity contribution in [2.75, 3.05) is 0 Å². The van der Waals surface area contributed by atoms with Crippen LogP contribution in [-0.4, -0.2) is 40.6 Å². The second-order valence-corrected chi connectivity index (χ2v) is 2.06. The zero-order valence-corrected chi connectivity index (χ0v) is 5.45. The van der Waals surface area contributed by atoms with Crippen LogP contribution in [0.5, 0.6) is 0 Å². The van der Waals surface area contributed by atoms with E-state index in [2.05, 4.69) is 0 Å². The minimum absolute atomic E-state index is 0. The van der Waals surface area contributed by atoms with E-state index in [0.717, 1.165) is 5.56 Å². The number of rotatable bonds is 2. The number of aliphatic carboxylic acids is 1. The van der Waals surface area contributed by atoms with Crippen molar-refractivity contribution >= 4 is 35.5 Å². The van der Waals surface area contributed by atoms with Crippen LogP contribution in [0.3, 0.4) is 0 Å². The fraction of sp³-hybridized carbons (Fsp3) is 0.125. The molecule has 0 aliphatic carbocycles. The van der Waals surface area contributed by atoms with E-state index in [0.29, 0.717) is 0 Å². The number of carbonyl (C=O) groups is 1. The molecular weight excluding hydrogens is 151 g/mol. The van der Waals surface area contributed by atoms with Crippen LogP contribution in [-0.2, 0) is 11.2 Å². The molecule has 0 fully saturated rings. The Labute approximate surface area is 87.5 Å². The van der Waals surface area contributed by atoms with Crippen LogP contribution in [0.2, 0.25) is 0 Å². The van der Waals surface area contributed by atoms with Gasteiger partial charge in [-0.1, -0.05) is 30.3 Å². The van der Waals surface area contributed by atoms with Gasteiger partial charge >= 0.3 is 35.5 Å². The van der Waals surface area contributed by atoms with Gasteiger partial charge in [0.2, 0.25) is 0 Å². The summed E-state index contributed by atoms with van der Waals surface area (Å²) in [5.41, 5.74) is 0.843. The number of hydrogen-bond acceptors (Lipinski definition) is 1. The molecule has 0 bridgehead atoms. The van der Waals surface area contributed by atoms with Gasteiger partial charge in [-0.3, -0.25) is 4.79 Å². The van der Waals surface area contributed by atoms with Crippen molar-refractivity contribution < 1.29 is 9.90 Å². The van der Waals surface area contributed by atoms with Crippen molar-refractivity contribution in [1.82, 2.24) is 0 Å². The summed E-state index contributed by atoms with van der Waals surface area (Å²) >= 11 is 0. The zero-order chi connectivity index (χ0) is 7.40. The average molecular weight is 160 g/mol. The Kier molecular flexibility index (Phi) is 5.20. The first-order valence-electron chi connectivity index (χ1n) is 3.05. The maximum absolute atomic E-state index is 10.2. The monoisotopic (exact) mass is 160 g/mol. The zero-order valence-electron chi connectivity index (χ0n) is 5.45. The molecule has 0 unspecified atom stereocenters. The van der Waals surface area contributed by atoms with Gasteiger partial charge in [-0.15, -0.1) is 0 Å². The van der Waals surface area contributed by atoms with Gasteiger partial charge in [0.15, 0.2) is 0 Å². The van der Waals surface area contributed by atoms with Crippen LogP contribution >= 0.6 is 0 Å². The Hall–Kier alpha value is -0.310.